The molecule has 0 bridgehead atoms. The molecule has 15 nitrogen and oxygen atoms in total. The number of aliphatic hydroxyl groups excluding tert-OH is 2. The van der Waals surface area contributed by atoms with E-state index >= 15 is 0 Å². The molecule has 0 spiro atoms. The Morgan fingerprint density at radius 1 is 0.903 bits per heavy atom. The number of ether oxygens (including phenoxy) is 8. The van der Waals surface area contributed by atoms with Gasteiger partial charge in [-0.25, -0.2) is 4.79 Å². The molecule has 4 aliphatic rings. The van der Waals surface area contributed by atoms with Crippen molar-refractivity contribution in [1.82, 2.24) is 4.90 Å². The minimum Gasteiger partial charge on any atom is -0.458 e. The van der Waals surface area contributed by atoms with E-state index in [0.717, 1.165) is 5.56 Å². The lowest BCUT2D eigenvalue weighted by atomic mass is 9.73. The third-order valence-electron chi connectivity index (χ3n) is 14.2. The van der Waals surface area contributed by atoms with E-state index < -0.39 is 114 Å². The first-order chi connectivity index (χ1) is 28.9. The van der Waals surface area contributed by atoms with Crippen molar-refractivity contribution in [2.75, 3.05) is 20.8 Å². The summed E-state index contributed by atoms with van der Waals surface area (Å²) < 4.78 is 50.9. The fourth-order valence-corrected chi connectivity index (χ4v) is 10.7. The zero-order chi connectivity index (χ0) is 46.2. The molecule has 4 saturated heterocycles. The number of fused-ring (bicyclic) bond motifs is 1. The minimum atomic E-state index is -1.46. The van der Waals surface area contributed by atoms with Gasteiger partial charge < -0.3 is 53.8 Å². The van der Waals surface area contributed by atoms with Gasteiger partial charge in [-0.05, 0) is 84.9 Å². The lowest BCUT2D eigenvalue weighted by Gasteiger charge is -2.49. The van der Waals surface area contributed by atoms with E-state index in [0.29, 0.717) is 22.9 Å². The summed E-state index contributed by atoms with van der Waals surface area (Å²) in [6.07, 6.45) is -7.85. The molecule has 17 heteroatoms. The van der Waals surface area contributed by atoms with Gasteiger partial charge in [0.2, 0.25) is 0 Å². The van der Waals surface area contributed by atoms with Crippen LogP contribution in [0.15, 0.2) is 18.2 Å². The van der Waals surface area contributed by atoms with Crippen LogP contribution in [0, 0.1) is 23.7 Å². The number of ketones is 1. The average Bonchev–Trinajstić information content (AvgIpc) is 3.49. The maximum atomic E-state index is 14.9. The lowest BCUT2D eigenvalue weighted by Crippen LogP contribution is -2.61. The number of nitrogens with zero attached hydrogens (tertiary/aromatic N) is 1. The highest BCUT2D eigenvalue weighted by Crippen LogP contribution is 2.45. The van der Waals surface area contributed by atoms with E-state index in [9.17, 15) is 24.6 Å². The molecule has 18 atom stereocenters. The van der Waals surface area contributed by atoms with Gasteiger partial charge >= 0.3 is 12.1 Å². The number of hydrogen-bond acceptors (Lipinski definition) is 14. The van der Waals surface area contributed by atoms with Gasteiger partial charge in [0.15, 0.2) is 18.2 Å². The molecule has 62 heavy (non-hydrogen) atoms. The number of rotatable bonds is 10. The van der Waals surface area contributed by atoms with Crippen molar-refractivity contribution in [3.05, 3.63) is 33.8 Å². The van der Waals surface area contributed by atoms with Gasteiger partial charge in [-0.2, -0.15) is 0 Å². The number of nitrogens with two attached hydrogens (primary N) is 1. The average molecular weight is 918 g/mol. The van der Waals surface area contributed by atoms with Gasteiger partial charge in [-0.1, -0.05) is 57.0 Å². The summed E-state index contributed by atoms with van der Waals surface area (Å²) in [6, 6.07) is 3.73. The Kier molecular flexibility index (Phi) is 16.5. The predicted octanol–water partition coefficient (Wildman–Crippen LogP) is 5.85. The van der Waals surface area contributed by atoms with Gasteiger partial charge in [-0.3, -0.25) is 14.5 Å². The number of methoxy groups -OCH3 is 2. The van der Waals surface area contributed by atoms with Crippen molar-refractivity contribution in [3.8, 4) is 0 Å². The van der Waals surface area contributed by atoms with Crippen molar-refractivity contribution in [2.24, 2.45) is 29.4 Å². The third-order valence-corrected chi connectivity index (χ3v) is 14.9. The van der Waals surface area contributed by atoms with Crippen LogP contribution in [0.25, 0.3) is 0 Å². The van der Waals surface area contributed by atoms with Crippen LogP contribution in [-0.2, 0) is 53.9 Å². The monoisotopic (exact) mass is 916 g/mol. The molecule has 1 aromatic carbocycles. The molecule has 4 fully saturated rings. The maximum absolute atomic E-state index is 14.9. The van der Waals surface area contributed by atoms with Gasteiger partial charge in [-0.15, -0.1) is 0 Å². The molecule has 5 rings (SSSR count). The molecule has 0 aromatic heterocycles. The Hall–Kier alpha value is -2.15. The SMILES string of the molecule is CC[C@H]1OC(=O)[C@H](C)C(OC2C[C@@](C)(OC)C(O)[C@H](C)O2)[C@H](C)C(OC2O[C@H](C)CC(N)C2O)[C@@](C)(OC)CC(C)C(=O)C(C)C2N(CCc3ccc(Cl)c(Cl)c3)C(=O)OC21C. The molecular formula is C45H70Cl2N2O13. The zero-order valence-electron chi connectivity index (χ0n) is 38.3. The largest absolute Gasteiger partial charge is 0.458 e. The molecule has 0 aliphatic carbocycles. The first-order valence-corrected chi connectivity index (χ1v) is 22.7. The number of esters is 1. The highest BCUT2D eigenvalue weighted by atomic mass is 35.5. The van der Waals surface area contributed by atoms with Crippen LogP contribution in [0.3, 0.4) is 0 Å². The van der Waals surface area contributed by atoms with Crippen LogP contribution in [0.5, 0.6) is 0 Å². The molecule has 1 amide bonds. The Bertz CT molecular complexity index is 1740. The van der Waals surface area contributed by atoms with Crippen molar-refractivity contribution in [1.29, 1.82) is 0 Å². The van der Waals surface area contributed by atoms with Crippen LogP contribution >= 0.6 is 23.2 Å². The number of Topliss-reactive ketones (excluding diaryl/α,β-unsaturated/α-hetero) is 1. The van der Waals surface area contributed by atoms with Crippen molar-refractivity contribution in [2.45, 2.75) is 186 Å². The zero-order valence-corrected chi connectivity index (χ0v) is 39.8. The van der Waals surface area contributed by atoms with Gasteiger partial charge in [0, 0.05) is 51.0 Å². The summed E-state index contributed by atoms with van der Waals surface area (Å²) in [5.74, 6) is -4.11. The molecule has 4 aliphatic heterocycles. The molecule has 0 radical (unpaired) electrons. The van der Waals surface area contributed by atoms with Crippen LogP contribution in [-0.4, -0.2) is 138 Å². The van der Waals surface area contributed by atoms with Gasteiger partial charge in [0.1, 0.15) is 24.1 Å². The smallest absolute Gasteiger partial charge is 0.410 e. The summed E-state index contributed by atoms with van der Waals surface area (Å²) in [5.41, 5.74) is 3.39. The fourth-order valence-electron chi connectivity index (χ4n) is 10.4. The van der Waals surface area contributed by atoms with E-state index in [-0.39, 0.29) is 37.7 Å². The highest BCUT2D eigenvalue weighted by molar-refractivity contribution is 6.42. The first-order valence-electron chi connectivity index (χ1n) is 22.0. The second-order valence-electron chi connectivity index (χ2n) is 18.8. The minimum absolute atomic E-state index is 0.110. The number of cyclic esters (lactones) is 1. The summed E-state index contributed by atoms with van der Waals surface area (Å²) in [6.45, 7) is 18.0. The molecule has 11 unspecified atom stereocenters. The Balaban J connectivity index is 1.62. The van der Waals surface area contributed by atoms with E-state index in [1.54, 1.807) is 51.7 Å². The summed E-state index contributed by atoms with van der Waals surface area (Å²) in [4.78, 5) is 45.3. The van der Waals surface area contributed by atoms with Crippen LogP contribution < -0.4 is 5.73 Å². The quantitative estimate of drug-likeness (QED) is 0.237. The van der Waals surface area contributed by atoms with E-state index in [1.165, 1.54) is 14.2 Å². The van der Waals surface area contributed by atoms with E-state index in [4.69, 9.17) is 66.8 Å². The lowest BCUT2D eigenvalue weighted by molar-refractivity contribution is -0.316. The topological polar surface area (TPSA) is 195 Å². The second kappa shape index (κ2) is 20.2. The summed E-state index contributed by atoms with van der Waals surface area (Å²) in [7, 11) is 3.02. The Labute approximate surface area is 376 Å². The maximum Gasteiger partial charge on any atom is 0.410 e. The Morgan fingerprint density at radius 3 is 2.18 bits per heavy atom. The summed E-state index contributed by atoms with van der Waals surface area (Å²) in [5, 5.41) is 23.2. The van der Waals surface area contributed by atoms with Gasteiger partial charge in [0.25, 0.3) is 0 Å². The predicted molar refractivity (Wildman–Crippen MR) is 230 cm³/mol. The van der Waals surface area contributed by atoms with Crippen molar-refractivity contribution in [3.63, 3.8) is 0 Å². The van der Waals surface area contributed by atoms with Crippen molar-refractivity contribution >= 4 is 41.0 Å². The van der Waals surface area contributed by atoms with Gasteiger partial charge in [0.05, 0.1) is 57.6 Å². The van der Waals surface area contributed by atoms with E-state index in [2.05, 4.69) is 0 Å². The molecule has 1 aromatic rings. The normalized spacial score (nSPS) is 43.7. The fraction of sp³-hybridized carbons (Fsp3) is 0.800. The van der Waals surface area contributed by atoms with Crippen LogP contribution in [0.1, 0.15) is 100 Å². The number of benzene rings is 1. The number of carbonyl (C=O) groups is 3. The highest BCUT2D eigenvalue weighted by Gasteiger charge is 2.61. The van der Waals surface area contributed by atoms with Crippen molar-refractivity contribution < 1.29 is 62.5 Å². The van der Waals surface area contributed by atoms with Crippen LogP contribution in [0.4, 0.5) is 4.79 Å². The number of halogens is 2. The number of aliphatic hydroxyl groups is 2. The third kappa shape index (κ3) is 10.3. The van der Waals surface area contributed by atoms with E-state index in [1.807, 2.05) is 40.7 Å². The number of hydrogen-bond donors (Lipinski definition) is 3. The molecule has 0 saturated carbocycles. The second-order valence-corrected chi connectivity index (χ2v) is 19.6. The molecular weight excluding hydrogens is 847 g/mol. The number of carbonyl (C=O) groups excluding carboxylic acids is 3. The molecule has 4 heterocycles. The number of amides is 1. The first kappa shape index (κ1) is 50.8. The molecule has 4 N–H and O–H groups in total. The standard InChI is InChI=1S/C45H70Cl2N2O13/c1-13-32-45(10)37(49(42(54)62-45)17-16-28-14-15-29(46)30(47)19-28)24(4)34(50)22(2)20-44(9,56-12)39(61-41-35(51)31(48)18-23(3)57-41)25(5)36(26(6)40(53)59-32)60-33-21-43(8,55-11)38(52)27(7)58-33/h14-15,19,22-27,31-33,35-39,41,51-52H,13,16-18,20-21,48H2,1-12H3/t22?,23-,24?,25+,26-,27+,31?,32-,33?,35?,36?,37?,38?,39?,41?,43-,44+,45?/m1/s1. The van der Waals surface area contributed by atoms with Crippen LogP contribution in [0.2, 0.25) is 10.0 Å². The Morgan fingerprint density at radius 2 is 1.56 bits per heavy atom. The molecule has 352 valence electrons. The summed E-state index contributed by atoms with van der Waals surface area (Å²) >= 11 is 12.5.